The van der Waals surface area contributed by atoms with E-state index >= 15 is 0 Å². The Labute approximate surface area is 91.9 Å². The van der Waals surface area contributed by atoms with E-state index < -0.39 is 0 Å². The van der Waals surface area contributed by atoms with Crippen LogP contribution in [0.1, 0.15) is 32.1 Å². The van der Waals surface area contributed by atoms with Crippen LogP contribution in [0.3, 0.4) is 0 Å². The number of nitrogens with one attached hydrogen (secondary N) is 1. The van der Waals surface area contributed by atoms with Gasteiger partial charge in [-0.3, -0.25) is 4.79 Å². The summed E-state index contributed by atoms with van der Waals surface area (Å²) in [6.45, 7) is 5.88. The van der Waals surface area contributed by atoms with E-state index in [0.717, 1.165) is 32.2 Å². The highest BCUT2D eigenvalue weighted by molar-refractivity contribution is 5.83. The third-order valence-electron chi connectivity index (χ3n) is 2.62. The molecule has 0 radical (unpaired) electrons. The Morgan fingerprint density at radius 1 is 1.47 bits per heavy atom. The molecule has 0 aliphatic carbocycles. The van der Waals surface area contributed by atoms with Crippen molar-refractivity contribution in [3.8, 4) is 0 Å². The number of allylic oxidation sites excluding steroid dienone is 1. The number of rotatable bonds is 7. The maximum atomic E-state index is 11.6. The van der Waals surface area contributed by atoms with Crippen molar-refractivity contribution in [1.82, 2.24) is 5.32 Å². The zero-order chi connectivity index (χ0) is 10.9. The summed E-state index contributed by atoms with van der Waals surface area (Å²) in [7, 11) is 0. The van der Waals surface area contributed by atoms with Gasteiger partial charge in [-0.2, -0.15) is 0 Å². The molecule has 1 aliphatic rings. The number of ketones is 1. The molecule has 1 saturated heterocycles. The van der Waals surface area contributed by atoms with E-state index in [0.29, 0.717) is 19.6 Å². The fourth-order valence-corrected chi connectivity index (χ4v) is 1.70. The van der Waals surface area contributed by atoms with Crippen LogP contribution in [-0.4, -0.2) is 31.6 Å². The molecule has 1 N–H and O–H groups in total. The van der Waals surface area contributed by atoms with Crippen molar-refractivity contribution in [3.63, 3.8) is 0 Å². The zero-order valence-corrected chi connectivity index (χ0v) is 9.34. The number of morpholine rings is 1. The van der Waals surface area contributed by atoms with Crippen molar-refractivity contribution in [1.29, 1.82) is 0 Å². The number of ether oxygens (including phenoxy) is 1. The van der Waals surface area contributed by atoms with Gasteiger partial charge in [-0.05, 0) is 19.3 Å². The Morgan fingerprint density at radius 2 is 2.33 bits per heavy atom. The Bertz CT molecular complexity index is 198. The van der Waals surface area contributed by atoms with E-state index in [-0.39, 0.29) is 11.9 Å². The smallest absolute Gasteiger partial charge is 0.162 e. The lowest BCUT2D eigenvalue weighted by atomic mass is 10.1. The van der Waals surface area contributed by atoms with Crippen LogP contribution in [0, 0.1) is 0 Å². The van der Waals surface area contributed by atoms with Crippen LogP contribution >= 0.6 is 0 Å². The second-order valence-corrected chi connectivity index (χ2v) is 3.92. The van der Waals surface area contributed by atoms with Crippen LogP contribution in [0.25, 0.3) is 0 Å². The monoisotopic (exact) mass is 211 g/mol. The Hall–Kier alpha value is -0.670. The first kappa shape index (κ1) is 12.4. The van der Waals surface area contributed by atoms with E-state index in [1.165, 1.54) is 0 Å². The van der Waals surface area contributed by atoms with Gasteiger partial charge in [0.25, 0.3) is 0 Å². The normalized spacial score (nSPS) is 21.2. The number of Topliss-reactive ketones (excluding diaryl/α,β-unsaturated/α-hetero) is 1. The fraction of sp³-hybridized carbons (Fsp3) is 0.750. The van der Waals surface area contributed by atoms with Crippen molar-refractivity contribution < 1.29 is 9.53 Å². The molecule has 3 heteroatoms. The van der Waals surface area contributed by atoms with Crippen molar-refractivity contribution >= 4 is 5.78 Å². The molecule has 3 nitrogen and oxygen atoms in total. The van der Waals surface area contributed by atoms with Crippen molar-refractivity contribution in [2.45, 2.75) is 38.2 Å². The van der Waals surface area contributed by atoms with Gasteiger partial charge in [-0.15, -0.1) is 6.58 Å². The minimum absolute atomic E-state index is 0.196. The molecule has 15 heavy (non-hydrogen) atoms. The Balaban J connectivity index is 2.04. The van der Waals surface area contributed by atoms with E-state index in [1.807, 2.05) is 6.08 Å². The highest BCUT2D eigenvalue weighted by atomic mass is 16.5. The minimum atomic E-state index is -0.196. The maximum absolute atomic E-state index is 11.6. The zero-order valence-electron chi connectivity index (χ0n) is 9.34. The van der Waals surface area contributed by atoms with E-state index in [9.17, 15) is 4.79 Å². The minimum Gasteiger partial charge on any atom is -0.368 e. The molecule has 0 spiro atoms. The molecule has 0 saturated carbocycles. The van der Waals surface area contributed by atoms with Gasteiger partial charge >= 0.3 is 0 Å². The number of unbranched alkanes of at least 4 members (excludes halogenated alkanes) is 3. The summed E-state index contributed by atoms with van der Waals surface area (Å²) in [4.78, 5) is 11.6. The van der Waals surface area contributed by atoms with Crippen LogP contribution in [-0.2, 0) is 9.53 Å². The Morgan fingerprint density at radius 3 is 3.00 bits per heavy atom. The molecule has 0 aromatic heterocycles. The number of hydrogen-bond acceptors (Lipinski definition) is 3. The third-order valence-corrected chi connectivity index (χ3v) is 2.62. The molecule has 0 bridgehead atoms. The first-order valence-electron chi connectivity index (χ1n) is 5.80. The largest absolute Gasteiger partial charge is 0.368 e. The first-order chi connectivity index (χ1) is 7.34. The number of hydrogen-bond donors (Lipinski definition) is 1. The fourth-order valence-electron chi connectivity index (χ4n) is 1.70. The summed E-state index contributed by atoms with van der Waals surface area (Å²) in [5.74, 6) is 0.251. The quantitative estimate of drug-likeness (QED) is 0.514. The molecule has 0 aromatic carbocycles. The molecule has 1 atom stereocenters. The molecule has 0 amide bonds. The van der Waals surface area contributed by atoms with Gasteiger partial charge in [0.2, 0.25) is 0 Å². The summed E-state index contributed by atoms with van der Waals surface area (Å²) in [6, 6.07) is 0. The average molecular weight is 211 g/mol. The summed E-state index contributed by atoms with van der Waals surface area (Å²) in [6.07, 6.45) is 6.67. The maximum Gasteiger partial charge on any atom is 0.162 e. The summed E-state index contributed by atoms with van der Waals surface area (Å²) in [5.41, 5.74) is 0. The average Bonchev–Trinajstić information content (AvgIpc) is 2.30. The molecule has 0 aromatic rings. The lowest BCUT2D eigenvalue weighted by molar-refractivity contribution is -0.132. The third kappa shape index (κ3) is 5.09. The van der Waals surface area contributed by atoms with Crippen LogP contribution < -0.4 is 5.32 Å². The SMILES string of the molecule is C=CCCCCCC(=O)C1CNCCO1. The molecule has 1 fully saturated rings. The van der Waals surface area contributed by atoms with Gasteiger partial charge in [0.1, 0.15) is 6.10 Å². The van der Waals surface area contributed by atoms with Crippen molar-refractivity contribution in [3.05, 3.63) is 12.7 Å². The van der Waals surface area contributed by atoms with Gasteiger partial charge in [0.15, 0.2) is 5.78 Å². The van der Waals surface area contributed by atoms with E-state index in [1.54, 1.807) is 0 Å². The van der Waals surface area contributed by atoms with Gasteiger partial charge < -0.3 is 10.1 Å². The van der Waals surface area contributed by atoms with Crippen LogP contribution in [0.15, 0.2) is 12.7 Å². The van der Waals surface area contributed by atoms with Crippen LogP contribution in [0.2, 0.25) is 0 Å². The van der Waals surface area contributed by atoms with Crippen molar-refractivity contribution in [2.24, 2.45) is 0 Å². The second kappa shape index (κ2) is 7.60. The molecular weight excluding hydrogens is 190 g/mol. The molecule has 1 rings (SSSR count). The molecule has 1 aliphatic heterocycles. The van der Waals surface area contributed by atoms with E-state index in [2.05, 4.69) is 11.9 Å². The summed E-state index contributed by atoms with van der Waals surface area (Å²) in [5, 5.41) is 3.17. The predicted octanol–water partition coefficient (Wildman–Crippen LogP) is 1.68. The number of carbonyl (C=O) groups is 1. The van der Waals surface area contributed by atoms with Crippen LogP contribution in [0.4, 0.5) is 0 Å². The second-order valence-electron chi connectivity index (χ2n) is 3.92. The van der Waals surface area contributed by atoms with Gasteiger partial charge in [0, 0.05) is 19.5 Å². The van der Waals surface area contributed by atoms with Gasteiger partial charge in [-0.1, -0.05) is 12.5 Å². The highest BCUT2D eigenvalue weighted by Crippen LogP contribution is 2.07. The lowest BCUT2D eigenvalue weighted by Gasteiger charge is -2.22. The van der Waals surface area contributed by atoms with Gasteiger partial charge in [0.05, 0.1) is 6.61 Å². The molecule has 1 heterocycles. The van der Waals surface area contributed by atoms with E-state index in [4.69, 9.17) is 4.74 Å². The highest BCUT2D eigenvalue weighted by Gasteiger charge is 2.20. The van der Waals surface area contributed by atoms with Crippen LogP contribution in [0.5, 0.6) is 0 Å². The standard InChI is InChI=1S/C12H21NO2/c1-2-3-4-5-6-7-11(14)12-10-13-8-9-15-12/h2,12-13H,1,3-10H2. The predicted molar refractivity (Wildman–Crippen MR) is 60.9 cm³/mol. The molecular formula is C12H21NO2. The molecule has 1 unspecified atom stereocenters. The Kier molecular flexibility index (Phi) is 6.28. The molecule has 86 valence electrons. The number of carbonyl (C=O) groups excluding carboxylic acids is 1. The summed E-state index contributed by atoms with van der Waals surface area (Å²) >= 11 is 0. The lowest BCUT2D eigenvalue weighted by Crippen LogP contribution is -2.43. The van der Waals surface area contributed by atoms with Gasteiger partial charge in [-0.25, -0.2) is 0 Å². The first-order valence-corrected chi connectivity index (χ1v) is 5.80. The van der Waals surface area contributed by atoms with Crippen molar-refractivity contribution in [2.75, 3.05) is 19.7 Å². The topological polar surface area (TPSA) is 38.3 Å². The summed E-state index contributed by atoms with van der Waals surface area (Å²) < 4.78 is 5.39.